The second-order valence-corrected chi connectivity index (χ2v) is 2.34. The molecule has 0 fully saturated rings. The molecular weight excluding hydrogens is 134 g/mol. The topological polar surface area (TPSA) is 12.0 Å². The molecule has 1 nitrogen and oxygen atoms in total. The van der Waals surface area contributed by atoms with Gasteiger partial charge in [-0.2, -0.15) is 0 Å². The minimum atomic E-state index is 0. The fourth-order valence-corrected chi connectivity index (χ4v) is 0.474. The van der Waals surface area contributed by atoms with E-state index < -0.39 is 0 Å². The van der Waals surface area contributed by atoms with Gasteiger partial charge in [0.25, 0.3) is 0 Å². The maximum absolute atomic E-state index is 3.60. The van der Waals surface area contributed by atoms with Gasteiger partial charge in [-0.3, -0.25) is 0 Å². The summed E-state index contributed by atoms with van der Waals surface area (Å²) in [6.07, 6.45) is 1.88. The van der Waals surface area contributed by atoms with Crippen molar-refractivity contribution in [1.82, 2.24) is 5.32 Å². The molecule has 0 amide bonds. The lowest BCUT2D eigenvalue weighted by molar-refractivity contribution is 0.577. The molecule has 0 aromatic rings. The van der Waals surface area contributed by atoms with Crippen molar-refractivity contribution in [3.8, 4) is 0 Å². The van der Waals surface area contributed by atoms with E-state index in [1.807, 2.05) is 6.08 Å². The Bertz CT molecular complexity index is 61.9. The number of nitrogens with one attached hydrogen (secondary N) is 1. The SMILES string of the molecule is C=CCNCC(C)C.Cl. The normalized spacial score (nSPS) is 8.78. The fraction of sp³-hybridized carbons (Fsp3) is 0.714. The summed E-state index contributed by atoms with van der Waals surface area (Å²) >= 11 is 0. The first kappa shape index (κ1) is 11.7. The van der Waals surface area contributed by atoms with Crippen LogP contribution in [0.5, 0.6) is 0 Å². The molecule has 0 aliphatic heterocycles. The van der Waals surface area contributed by atoms with Gasteiger partial charge in [0.2, 0.25) is 0 Å². The van der Waals surface area contributed by atoms with E-state index >= 15 is 0 Å². The molecule has 0 rings (SSSR count). The van der Waals surface area contributed by atoms with Gasteiger partial charge < -0.3 is 5.32 Å². The van der Waals surface area contributed by atoms with Gasteiger partial charge in [-0.25, -0.2) is 0 Å². The molecule has 0 radical (unpaired) electrons. The highest BCUT2D eigenvalue weighted by Gasteiger charge is 1.87. The molecule has 1 N–H and O–H groups in total. The Labute approximate surface area is 63.9 Å². The molecule has 0 spiro atoms. The van der Waals surface area contributed by atoms with Crippen LogP contribution in [0.1, 0.15) is 13.8 Å². The molecule has 0 saturated heterocycles. The zero-order valence-electron chi connectivity index (χ0n) is 6.18. The van der Waals surface area contributed by atoms with Gasteiger partial charge in [0.15, 0.2) is 0 Å². The first-order valence-corrected chi connectivity index (χ1v) is 3.09. The van der Waals surface area contributed by atoms with Crippen LogP contribution in [0.2, 0.25) is 0 Å². The van der Waals surface area contributed by atoms with Crippen LogP contribution in [0.4, 0.5) is 0 Å². The average molecular weight is 150 g/mol. The molecule has 0 atom stereocenters. The second kappa shape index (κ2) is 7.99. The lowest BCUT2D eigenvalue weighted by atomic mass is 10.2. The van der Waals surface area contributed by atoms with Gasteiger partial charge in [-0.05, 0) is 12.5 Å². The summed E-state index contributed by atoms with van der Waals surface area (Å²) in [6.45, 7) is 9.99. The minimum absolute atomic E-state index is 0. The van der Waals surface area contributed by atoms with Gasteiger partial charge in [0, 0.05) is 6.54 Å². The van der Waals surface area contributed by atoms with Crippen LogP contribution >= 0.6 is 12.4 Å². The molecule has 0 heterocycles. The van der Waals surface area contributed by atoms with Crippen LogP contribution in [-0.4, -0.2) is 13.1 Å². The Morgan fingerprint density at radius 1 is 1.56 bits per heavy atom. The van der Waals surface area contributed by atoms with Crippen LogP contribution in [-0.2, 0) is 0 Å². The van der Waals surface area contributed by atoms with E-state index in [1.54, 1.807) is 0 Å². The highest BCUT2D eigenvalue weighted by Crippen LogP contribution is 1.85. The molecular formula is C7H16ClN. The lowest BCUT2D eigenvalue weighted by Crippen LogP contribution is -2.18. The lowest BCUT2D eigenvalue weighted by Gasteiger charge is -2.02. The maximum atomic E-state index is 3.60. The first-order chi connectivity index (χ1) is 3.77. The summed E-state index contributed by atoms with van der Waals surface area (Å²) in [4.78, 5) is 0. The standard InChI is InChI=1S/C7H15N.ClH/c1-4-5-8-6-7(2)3;/h4,7-8H,1,5-6H2,2-3H3;1H. The fourth-order valence-electron chi connectivity index (χ4n) is 0.474. The number of halogens is 1. The highest BCUT2D eigenvalue weighted by molar-refractivity contribution is 5.85. The minimum Gasteiger partial charge on any atom is -0.313 e. The van der Waals surface area contributed by atoms with Crippen molar-refractivity contribution in [2.45, 2.75) is 13.8 Å². The summed E-state index contributed by atoms with van der Waals surface area (Å²) in [6, 6.07) is 0. The Morgan fingerprint density at radius 2 is 2.11 bits per heavy atom. The van der Waals surface area contributed by atoms with Crippen molar-refractivity contribution in [1.29, 1.82) is 0 Å². The van der Waals surface area contributed by atoms with E-state index in [2.05, 4.69) is 25.7 Å². The van der Waals surface area contributed by atoms with E-state index in [9.17, 15) is 0 Å². The third-order valence-electron chi connectivity index (χ3n) is 0.841. The van der Waals surface area contributed by atoms with E-state index in [4.69, 9.17) is 0 Å². The Kier molecular flexibility index (Phi) is 10.4. The Morgan fingerprint density at radius 3 is 2.44 bits per heavy atom. The number of rotatable bonds is 4. The van der Waals surface area contributed by atoms with Crippen LogP contribution in [0.25, 0.3) is 0 Å². The summed E-state index contributed by atoms with van der Waals surface area (Å²) in [5.41, 5.74) is 0. The van der Waals surface area contributed by atoms with Gasteiger partial charge in [-0.15, -0.1) is 19.0 Å². The van der Waals surface area contributed by atoms with Crippen molar-refractivity contribution >= 4 is 12.4 Å². The van der Waals surface area contributed by atoms with E-state index in [0.717, 1.165) is 19.0 Å². The third-order valence-corrected chi connectivity index (χ3v) is 0.841. The summed E-state index contributed by atoms with van der Waals surface area (Å²) in [5, 5.41) is 3.22. The van der Waals surface area contributed by atoms with Crippen molar-refractivity contribution < 1.29 is 0 Å². The molecule has 0 aromatic heterocycles. The molecule has 0 aliphatic carbocycles. The zero-order chi connectivity index (χ0) is 6.41. The van der Waals surface area contributed by atoms with Crippen molar-refractivity contribution in [2.24, 2.45) is 5.92 Å². The zero-order valence-corrected chi connectivity index (χ0v) is 7.00. The summed E-state index contributed by atoms with van der Waals surface area (Å²) in [5.74, 6) is 0.745. The molecule has 0 saturated carbocycles. The Balaban J connectivity index is 0. The highest BCUT2D eigenvalue weighted by atomic mass is 35.5. The number of hydrogen-bond donors (Lipinski definition) is 1. The van der Waals surface area contributed by atoms with Crippen molar-refractivity contribution in [3.63, 3.8) is 0 Å². The molecule has 2 heteroatoms. The van der Waals surface area contributed by atoms with Crippen LogP contribution in [0.3, 0.4) is 0 Å². The molecule has 9 heavy (non-hydrogen) atoms. The van der Waals surface area contributed by atoms with E-state index in [0.29, 0.717) is 0 Å². The van der Waals surface area contributed by atoms with Gasteiger partial charge in [0.05, 0.1) is 0 Å². The van der Waals surface area contributed by atoms with E-state index in [-0.39, 0.29) is 12.4 Å². The molecule has 0 aromatic carbocycles. The molecule has 0 bridgehead atoms. The average Bonchev–Trinajstić information content (AvgIpc) is 1.66. The largest absolute Gasteiger partial charge is 0.313 e. The first-order valence-electron chi connectivity index (χ1n) is 3.09. The van der Waals surface area contributed by atoms with Crippen molar-refractivity contribution in [3.05, 3.63) is 12.7 Å². The van der Waals surface area contributed by atoms with Gasteiger partial charge >= 0.3 is 0 Å². The molecule has 56 valence electrons. The van der Waals surface area contributed by atoms with E-state index in [1.165, 1.54) is 0 Å². The van der Waals surface area contributed by atoms with Gasteiger partial charge in [-0.1, -0.05) is 19.9 Å². The van der Waals surface area contributed by atoms with Gasteiger partial charge in [0.1, 0.15) is 0 Å². The van der Waals surface area contributed by atoms with Crippen molar-refractivity contribution in [2.75, 3.05) is 13.1 Å². The quantitative estimate of drug-likeness (QED) is 0.475. The second-order valence-electron chi connectivity index (χ2n) is 2.34. The molecule has 0 unspecified atom stereocenters. The smallest absolute Gasteiger partial charge is 0.0132 e. The van der Waals surface area contributed by atoms with Crippen LogP contribution in [0.15, 0.2) is 12.7 Å². The number of hydrogen-bond acceptors (Lipinski definition) is 1. The predicted molar refractivity (Wildman–Crippen MR) is 45.2 cm³/mol. The van der Waals surface area contributed by atoms with Crippen LogP contribution in [0, 0.1) is 5.92 Å². The summed E-state index contributed by atoms with van der Waals surface area (Å²) in [7, 11) is 0. The van der Waals surface area contributed by atoms with Crippen LogP contribution < -0.4 is 5.32 Å². The Hall–Kier alpha value is -0.0100. The monoisotopic (exact) mass is 149 g/mol. The molecule has 0 aliphatic rings. The third kappa shape index (κ3) is 11.5. The maximum Gasteiger partial charge on any atom is 0.0132 e. The summed E-state index contributed by atoms with van der Waals surface area (Å²) < 4.78 is 0. The predicted octanol–water partition coefficient (Wildman–Crippen LogP) is 1.84.